The van der Waals surface area contributed by atoms with Crippen LogP contribution in [0.4, 0.5) is 0 Å². The largest absolute Gasteiger partial charge is 0.419 e. The standard InChI is InChI=1S/C2H8BrN2O3P/c3-1-2-7-9(5,6)8-4/h1-2,4H2,(H2,5,6). The summed E-state index contributed by atoms with van der Waals surface area (Å²) in [6, 6.07) is 0. The molecule has 4 N–H and O–H groups in total. The molecule has 0 aromatic carbocycles. The van der Waals surface area contributed by atoms with Crippen molar-refractivity contribution in [1.29, 1.82) is 0 Å². The van der Waals surface area contributed by atoms with Crippen LogP contribution in [0.15, 0.2) is 0 Å². The van der Waals surface area contributed by atoms with Crippen LogP contribution in [-0.2, 0) is 13.7 Å². The lowest BCUT2D eigenvalue weighted by Crippen LogP contribution is -2.08. The van der Waals surface area contributed by atoms with Gasteiger partial charge in [0.1, 0.15) is 0 Å². The minimum atomic E-state index is -3.44. The van der Waals surface area contributed by atoms with Crippen molar-refractivity contribution in [2.45, 2.75) is 0 Å². The molecular formula is C2H8BrN2O3P. The summed E-state index contributed by atoms with van der Waals surface area (Å²) in [5.74, 6) is 4.52. The first kappa shape index (κ1) is 9.55. The quantitative estimate of drug-likeness (QED) is 0.404. The van der Waals surface area contributed by atoms with Crippen molar-refractivity contribution in [1.82, 2.24) is 0 Å². The van der Waals surface area contributed by atoms with Gasteiger partial charge in [0.05, 0.1) is 6.61 Å². The van der Waals surface area contributed by atoms with Gasteiger partial charge in [-0.3, -0.25) is 4.52 Å². The minimum absolute atomic E-state index is 0.213. The van der Waals surface area contributed by atoms with E-state index in [-0.39, 0.29) is 6.61 Å². The lowest BCUT2D eigenvalue weighted by Gasteiger charge is -2.06. The highest BCUT2D eigenvalue weighted by atomic mass is 79.9. The van der Waals surface area contributed by atoms with Crippen molar-refractivity contribution >= 4 is 23.7 Å². The predicted octanol–water partition coefficient (Wildman–Crippen LogP) is 0.355. The topological polar surface area (TPSA) is 87.6 Å². The fourth-order valence-corrected chi connectivity index (χ4v) is 1.01. The van der Waals surface area contributed by atoms with Crippen LogP contribution in [0.1, 0.15) is 0 Å². The van der Waals surface area contributed by atoms with E-state index < -0.39 is 7.75 Å². The van der Waals surface area contributed by atoms with Crippen LogP contribution < -0.4 is 11.4 Å². The Balaban J connectivity index is 3.46. The third kappa shape index (κ3) is 5.02. The van der Waals surface area contributed by atoms with Gasteiger partial charge in [-0.05, 0) is 0 Å². The third-order valence-electron chi connectivity index (χ3n) is 0.495. The Bertz CT molecular complexity index is 120. The molecule has 5 nitrogen and oxygen atoms in total. The lowest BCUT2D eigenvalue weighted by molar-refractivity contribution is 0.218. The first-order valence-corrected chi connectivity index (χ1v) is 4.83. The SMILES string of the molecule is NOP(N)(=O)OCCBr. The third-order valence-corrected chi connectivity index (χ3v) is 1.66. The predicted molar refractivity (Wildman–Crippen MR) is 36.8 cm³/mol. The van der Waals surface area contributed by atoms with Crippen molar-refractivity contribution < 1.29 is 13.7 Å². The highest BCUT2D eigenvalue weighted by Crippen LogP contribution is 2.35. The average Bonchev–Trinajstić information content (AvgIpc) is 1.84. The molecule has 7 heteroatoms. The van der Waals surface area contributed by atoms with E-state index in [1.54, 1.807) is 0 Å². The smallest absolute Gasteiger partial charge is 0.295 e. The normalized spacial score (nSPS) is 17.2. The Morgan fingerprint density at radius 3 is 2.56 bits per heavy atom. The summed E-state index contributed by atoms with van der Waals surface area (Å²) >= 11 is 3.03. The average molecular weight is 219 g/mol. The second-order valence-corrected chi connectivity index (χ2v) is 3.51. The summed E-state index contributed by atoms with van der Waals surface area (Å²) in [7, 11) is -3.44. The van der Waals surface area contributed by atoms with Gasteiger partial charge in [-0.25, -0.2) is 20.6 Å². The number of hydrogen-bond donors (Lipinski definition) is 2. The summed E-state index contributed by atoms with van der Waals surface area (Å²) in [6.45, 7) is 0.213. The molecule has 9 heavy (non-hydrogen) atoms. The van der Waals surface area contributed by atoms with Gasteiger partial charge in [0.25, 0.3) is 0 Å². The highest BCUT2D eigenvalue weighted by molar-refractivity contribution is 9.09. The number of hydrogen-bond acceptors (Lipinski definition) is 4. The zero-order valence-corrected chi connectivity index (χ0v) is 7.10. The highest BCUT2D eigenvalue weighted by Gasteiger charge is 2.14. The van der Waals surface area contributed by atoms with Crippen LogP contribution in [0, 0.1) is 0 Å². The molecule has 0 bridgehead atoms. The molecule has 0 aliphatic rings. The van der Waals surface area contributed by atoms with E-state index in [9.17, 15) is 4.57 Å². The van der Waals surface area contributed by atoms with Gasteiger partial charge in [0.2, 0.25) is 0 Å². The Morgan fingerprint density at radius 2 is 2.22 bits per heavy atom. The van der Waals surface area contributed by atoms with E-state index >= 15 is 0 Å². The summed E-state index contributed by atoms with van der Waals surface area (Å²) in [4.78, 5) is 0. The summed E-state index contributed by atoms with van der Waals surface area (Å²) in [5, 5.41) is 0.539. The van der Waals surface area contributed by atoms with Gasteiger partial charge < -0.3 is 0 Å². The number of nitrogens with two attached hydrogens (primary N) is 2. The maximum atomic E-state index is 10.5. The van der Waals surface area contributed by atoms with Crippen LogP contribution >= 0.6 is 23.7 Å². The van der Waals surface area contributed by atoms with E-state index in [0.717, 1.165) is 0 Å². The van der Waals surface area contributed by atoms with Gasteiger partial charge >= 0.3 is 7.75 Å². The molecule has 0 aliphatic heterocycles. The molecule has 0 fully saturated rings. The summed E-state index contributed by atoms with van der Waals surface area (Å²) in [5.41, 5.74) is 4.87. The van der Waals surface area contributed by atoms with Crippen molar-refractivity contribution in [3.05, 3.63) is 0 Å². The molecule has 1 atom stereocenters. The van der Waals surface area contributed by atoms with E-state index in [2.05, 4.69) is 31.0 Å². The fourth-order valence-electron chi connectivity index (χ4n) is 0.192. The summed E-state index contributed by atoms with van der Waals surface area (Å²) < 4.78 is 18.8. The van der Waals surface area contributed by atoms with Crippen LogP contribution in [-0.4, -0.2) is 11.9 Å². The monoisotopic (exact) mass is 218 g/mol. The van der Waals surface area contributed by atoms with Crippen LogP contribution in [0.25, 0.3) is 0 Å². The zero-order valence-electron chi connectivity index (χ0n) is 4.62. The second-order valence-electron chi connectivity index (χ2n) is 1.17. The van der Waals surface area contributed by atoms with Crippen LogP contribution in [0.3, 0.4) is 0 Å². The molecule has 0 aromatic heterocycles. The van der Waals surface area contributed by atoms with Crippen molar-refractivity contribution in [3.63, 3.8) is 0 Å². The van der Waals surface area contributed by atoms with E-state index in [1.165, 1.54) is 0 Å². The van der Waals surface area contributed by atoms with Crippen LogP contribution in [0.5, 0.6) is 0 Å². The van der Waals surface area contributed by atoms with E-state index in [0.29, 0.717) is 5.33 Å². The number of halogens is 1. The lowest BCUT2D eigenvalue weighted by atomic mass is 10.9. The summed E-state index contributed by atoms with van der Waals surface area (Å²) in [6.07, 6.45) is 0. The maximum Gasteiger partial charge on any atom is 0.419 e. The Labute approximate surface area is 61.4 Å². The first-order valence-electron chi connectivity index (χ1n) is 2.10. The van der Waals surface area contributed by atoms with Crippen molar-refractivity contribution in [2.24, 2.45) is 11.4 Å². The fraction of sp³-hybridized carbons (Fsp3) is 1.00. The van der Waals surface area contributed by atoms with Gasteiger partial charge in [0, 0.05) is 5.33 Å². The molecule has 0 saturated heterocycles. The molecule has 0 aromatic rings. The molecule has 0 aliphatic carbocycles. The molecule has 56 valence electrons. The molecule has 0 rings (SSSR count). The van der Waals surface area contributed by atoms with E-state index in [4.69, 9.17) is 5.50 Å². The van der Waals surface area contributed by atoms with Gasteiger partial charge in [-0.1, -0.05) is 15.9 Å². The van der Waals surface area contributed by atoms with Gasteiger partial charge in [-0.2, -0.15) is 0 Å². The molecule has 0 amide bonds. The molecule has 0 heterocycles. The van der Waals surface area contributed by atoms with Gasteiger partial charge in [0.15, 0.2) is 0 Å². The van der Waals surface area contributed by atoms with Crippen LogP contribution in [0.2, 0.25) is 0 Å². The molecule has 0 saturated carbocycles. The molecule has 1 unspecified atom stereocenters. The first-order chi connectivity index (χ1) is 4.12. The minimum Gasteiger partial charge on any atom is -0.295 e. The zero-order chi connectivity index (χ0) is 7.33. The molecule has 0 radical (unpaired) electrons. The Morgan fingerprint density at radius 1 is 1.67 bits per heavy atom. The molecular weight excluding hydrogens is 211 g/mol. The molecule has 0 spiro atoms. The Kier molecular flexibility index (Phi) is 4.65. The van der Waals surface area contributed by atoms with E-state index in [1.807, 2.05) is 0 Å². The van der Waals surface area contributed by atoms with Crippen molar-refractivity contribution in [2.75, 3.05) is 11.9 Å². The Hall–Kier alpha value is 0.550. The van der Waals surface area contributed by atoms with Crippen molar-refractivity contribution in [3.8, 4) is 0 Å². The second kappa shape index (κ2) is 4.38. The maximum absolute atomic E-state index is 10.5. The van der Waals surface area contributed by atoms with Gasteiger partial charge in [-0.15, -0.1) is 0 Å². The number of rotatable bonds is 4. The number of alkyl halides is 1.